The third-order valence-corrected chi connectivity index (χ3v) is 3.72. The minimum Gasteiger partial charge on any atom is -0.358 e. The zero-order chi connectivity index (χ0) is 15.7. The zero-order valence-corrected chi connectivity index (χ0v) is 13.2. The number of halogens is 2. The van der Waals surface area contributed by atoms with Crippen molar-refractivity contribution in [1.29, 1.82) is 0 Å². The number of hydrogen-bond donors (Lipinski definition) is 1. The van der Waals surface area contributed by atoms with Crippen LogP contribution < -0.4 is 5.32 Å². The number of nitrogens with one attached hydrogen (secondary N) is 1. The van der Waals surface area contributed by atoms with E-state index >= 15 is 0 Å². The van der Waals surface area contributed by atoms with Crippen molar-refractivity contribution in [3.63, 3.8) is 0 Å². The number of aryl methyl sites for hydroxylation is 2. The average molecular weight is 329 g/mol. The molecule has 0 fully saturated rings. The van der Waals surface area contributed by atoms with Gasteiger partial charge < -0.3 is 5.32 Å². The number of nitro groups is 1. The predicted molar refractivity (Wildman–Crippen MR) is 83.1 cm³/mol. The number of rotatable bonds is 4. The summed E-state index contributed by atoms with van der Waals surface area (Å²) >= 11 is 12.0. The molecular weight excluding hydrogens is 315 g/mol. The minimum absolute atomic E-state index is 0.0329. The van der Waals surface area contributed by atoms with Crippen LogP contribution in [0.3, 0.4) is 0 Å². The summed E-state index contributed by atoms with van der Waals surface area (Å²) in [6.45, 7) is 3.46. The molecule has 0 spiro atoms. The molecule has 0 bridgehead atoms. The van der Waals surface area contributed by atoms with Gasteiger partial charge in [0.15, 0.2) is 0 Å². The van der Waals surface area contributed by atoms with E-state index < -0.39 is 4.92 Å². The van der Waals surface area contributed by atoms with E-state index in [4.69, 9.17) is 23.2 Å². The first kappa shape index (κ1) is 15.6. The first-order chi connectivity index (χ1) is 9.81. The standard InChI is InChI=1S/C13H14Cl2N4O2/c1-7(10-5-4-9(14)6-11(10)15)16-13-12(19(20)21)8(2)17-18(13)3/h4-7,16H,1-3H3. The van der Waals surface area contributed by atoms with Crippen molar-refractivity contribution in [2.75, 3.05) is 5.32 Å². The zero-order valence-electron chi connectivity index (χ0n) is 11.7. The summed E-state index contributed by atoms with van der Waals surface area (Å²) in [5.41, 5.74) is 1.13. The summed E-state index contributed by atoms with van der Waals surface area (Å²) in [6, 6.07) is 4.92. The highest BCUT2D eigenvalue weighted by Gasteiger charge is 2.25. The van der Waals surface area contributed by atoms with Gasteiger partial charge in [-0.3, -0.25) is 10.1 Å². The Balaban J connectivity index is 2.36. The molecule has 0 aliphatic heterocycles. The van der Waals surface area contributed by atoms with Gasteiger partial charge in [0.1, 0.15) is 5.69 Å². The predicted octanol–water partition coefficient (Wildman–Crippen LogP) is 4.12. The Bertz CT molecular complexity index is 700. The average Bonchev–Trinajstić information content (AvgIpc) is 2.63. The van der Waals surface area contributed by atoms with Gasteiger partial charge in [-0.2, -0.15) is 5.10 Å². The molecule has 1 aromatic heterocycles. The van der Waals surface area contributed by atoms with E-state index in [9.17, 15) is 10.1 Å². The van der Waals surface area contributed by atoms with Gasteiger partial charge in [-0.25, -0.2) is 4.68 Å². The van der Waals surface area contributed by atoms with Gasteiger partial charge in [0, 0.05) is 17.1 Å². The molecule has 1 aromatic carbocycles. The van der Waals surface area contributed by atoms with E-state index in [-0.39, 0.29) is 11.7 Å². The van der Waals surface area contributed by atoms with Gasteiger partial charge in [-0.05, 0) is 31.5 Å². The first-order valence-electron chi connectivity index (χ1n) is 6.20. The van der Waals surface area contributed by atoms with Crippen molar-refractivity contribution >= 4 is 34.7 Å². The molecule has 6 nitrogen and oxygen atoms in total. The highest BCUT2D eigenvalue weighted by atomic mass is 35.5. The first-order valence-corrected chi connectivity index (χ1v) is 6.96. The fourth-order valence-electron chi connectivity index (χ4n) is 2.16. The molecule has 0 saturated carbocycles. The van der Waals surface area contributed by atoms with Crippen LogP contribution in [0.1, 0.15) is 24.2 Å². The van der Waals surface area contributed by atoms with Crippen molar-refractivity contribution < 1.29 is 4.92 Å². The quantitative estimate of drug-likeness (QED) is 0.676. The fraction of sp³-hybridized carbons (Fsp3) is 0.308. The summed E-state index contributed by atoms with van der Waals surface area (Å²) in [5, 5.41) is 19.4. The molecule has 1 heterocycles. The largest absolute Gasteiger partial charge is 0.358 e. The Morgan fingerprint density at radius 2 is 2.10 bits per heavy atom. The Morgan fingerprint density at radius 1 is 1.43 bits per heavy atom. The second kappa shape index (κ2) is 5.91. The fourth-order valence-corrected chi connectivity index (χ4v) is 2.73. The molecule has 2 aromatic rings. The SMILES string of the molecule is Cc1nn(C)c(NC(C)c2ccc(Cl)cc2Cl)c1[N+](=O)[O-]. The van der Waals surface area contributed by atoms with E-state index in [0.29, 0.717) is 21.6 Å². The van der Waals surface area contributed by atoms with E-state index in [2.05, 4.69) is 10.4 Å². The van der Waals surface area contributed by atoms with Crippen LogP contribution in [0.5, 0.6) is 0 Å². The number of benzene rings is 1. The second-order valence-corrected chi connectivity index (χ2v) is 5.54. The molecule has 0 saturated heterocycles. The van der Waals surface area contributed by atoms with E-state index in [0.717, 1.165) is 5.56 Å². The Hall–Kier alpha value is -1.79. The monoisotopic (exact) mass is 328 g/mol. The highest BCUT2D eigenvalue weighted by Crippen LogP contribution is 2.33. The lowest BCUT2D eigenvalue weighted by molar-refractivity contribution is -0.384. The van der Waals surface area contributed by atoms with Gasteiger partial charge in [-0.15, -0.1) is 0 Å². The third kappa shape index (κ3) is 3.11. The van der Waals surface area contributed by atoms with E-state index in [1.165, 1.54) is 4.68 Å². The molecule has 0 aliphatic carbocycles. The van der Waals surface area contributed by atoms with Gasteiger partial charge in [0.05, 0.1) is 11.0 Å². The lowest BCUT2D eigenvalue weighted by Gasteiger charge is -2.16. The number of anilines is 1. The summed E-state index contributed by atoms with van der Waals surface area (Å²) in [4.78, 5) is 10.7. The van der Waals surface area contributed by atoms with Gasteiger partial charge in [0.2, 0.25) is 5.82 Å². The van der Waals surface area contributed by atoms with Crippen LogP contribution in [0.25, 0.3) is 0 Å². The van der Waals surface area contributed by atoms with Crippen LogP contribution in [0.4, 0.5) is 11.5 Å². The van der Waals surface area contributed by atoms with Gasteiger partial charge in [-0.1, -0.05) is 29.3 Å². The van der Waals surface area contributed by atoms with E-state index in [1.54, 1.807) is 32.2 Å². The maximum absolute atomic E-state index is 11.2. The Kier molecular flexibility index (Phi) is 4.39. The van der Waals surface area contributed by atoms with Gasteiger partial charge in [0.25, 0.3) is 0 Å². The van der Waals surface area contributed by atoms with Crippen LogP contribution in [-0.4, -0.2) is 14.7 Å². The van der Waals surface area contributed by atoms with Crippen LogP contribution >= 0.6 is 23.2 Å². The number of nitrogens with zero attached hydrogens (tertiary/aromatic N) is 3. The lowest BCUT2D eigenvalue weighted by Crippen LogP contribution is -2.11. The summed E-state index contributed by atoms with van der Waals surface area (Å²) < 4.78 is 1.45. The number of hydrogen-bond acceptors (Lipinski definition) is 4. The third-order valence-electron chi connectivity index (χ3n) is 3.16. The Labute approximate surface area is 131 Å². The molecule has 1 atom stereocenters. The highest BCUT2D eigenvalue weighted by molar-refractivity contribution is 6.35. The molecular formula is C13H14Cl2N4O2. The molecule has 1 unspecified atom stereocenters. The van der Waals surface area contributed by atoms with Crippen molar-refractivity contribution in [2.24, 2.45) is 7.05 Å². The maximum atomic E-state index is 11.2. The van der Waals surface area contributed by atoms with Crippen molar-refractivity contribution in [3.8, 4) is 0 Å². The van der Waals surface area contributed by atoms with Crippen LogP contribution in [0.15, 0.2) is 18.2 Å². The molecule has 2 rings (SSSR count). The summed E-state index contributed by atoms with van der Waals surface area (Å²) in [5.74, 6) is 0.344. The molecule has 0 radical (unpaired) electrons. The lowest BCUT2D eigenvalue weighted by atomic mass is 10.1. The molecule has 112 valence electrons. The number of aromatic nitrogens is 2. The maximum Gasteiger partial charge on any atom is 0.333 e. The van der Waals surface area contributed by atoms with Gasteiger partial charge >= 0.3 is 5.69 Å². The molecule has 1 N–H and O–H groups in total. The normalized spacial score (nSPS) is 12.2. The van der Waals surface area contributed by atoms with Crippen molar-refractivity contribution in [1.82, 2.24) is 9.78 Å². The van der Waals surface area contributed by atoms with Crippen LogP contribution in [0.2, 0.25) is 10.0 Å². The summed E-state index contributed by atoms with van der Waals surface area (Å²) in [6.07, 6.45) is 0. The smallest absolute Gasteiger partial charge is 0.333 e. The van der Waals surface area contributed by atoms with Crippen LogP contribution in [-0.2, 0) is 7.05 Å². The minimum atomic E-state index is -0.444. The molecule has 0 aliphatic rings. The Morgan fingerprint density at radius 3 is 2.67 bits per heavy atom. The molecule has 8 heteroatoms. The summed E-state index contributed by atoms with van der Waals surface area (Å²) in [7, 11) is 1.65. The van der Waals surface area contributed by atoms with Crippen molar-refractivity contribution in [2.45, 2.75) is 19.9 Å². The molecule has 21 heavy (non-hydrogen) atoms. The van der Waals surface area contributed by atoms with E-state index in [1.807, 2.05) is 6.92 Å². The molecule has 0 amide bonds. The topological polar surface area (TPSA) is 73.0 Å². The van der Waals surface area contributed by atoms with Crippen LogP contribution in [0, 0.1) is 17.0 Å². The second-order valence-electron chi connectivity index (χ2n) is 4.70. The van der Waals surface area contributed by atoms with Crippen molar-refractivity contribution in [3.05, 3.63) is 49.6 Å².